The van der Waals surface area contributed by atoms with Gasteiger partial charge in [-0.05, 0) is 36.1 Å². The molecule has 10 heteroatoms. The molecule has 32 heavy (non-hydrogen) atoms. The van der Waals surface area contributed by atoms with Gasteiger partial charge in [0.1, 0.15) is 23.4 Å². The molecule has 0 bridgehead atoms. The van der Waals surface area contributed by atoms with E-state index in [1.807, 2.05) is 6.07 Å². The molecule has 0 spiro atoms. The molecule has 4 rings (SSSR count). The van der Waals surface area contributed by atoms with E-state index in [2.05, 4.69) is 16.9 Å². The number of ether oxygens (including phenoxy) is 2. The third kappa shape index (κ3) is 3.68. The molecule has 2 heterocycles. The molecule has 1 aromatic carbocycles. The Hall–Kier alpha value is -3.82. The molecule has 2 fully saturated rings. The molecule has 10 nitrogen and oxygen atoms in total. The zero-order valence-corrected chi connectivity index (χ0v) is 17.4. The van der Waals surface area contributed by atoms with E-state index in [9.17, 15) is 24.6 Å². The number of methoxy groups -OCH3 is 1. The van der Waals surface area contributed by atoms with Gasteiger partial charge in [0.05, 0.1) is 13.7 Å². The number of carboxylic acid groups (broad SMARTS) is 2. The highest BCUT2D eigenvalue weighted by molar-refractivity contribution is 5.94. The number of hydrogen-bond acceptors (Lipinski definition) is 6. The van der Waals surface area contributed by atoms with Crippen LogP contribution >= 0.6 is 0 Å². The highest BCUT2D eigenvalue weighted by Gasteiger charge is 2.61. The van der Waals surface area contributed by atoms with Crippen LogP contribution in [-0.4, -0.2) is 69.4 Å². The van der Waals surface area contributed by atoms with Crippen LogP contribution in [0.15, 0.2) is 43.1 Å². The molecular formula is C22H23N3O7. The van der Waals surface area contributed by atoms with Crippen molar-refractivity contribution in [2.45, 2.75) is 30.5 Å². The first kappa shape index (κ1) is 21.4. The topological polar surface area (TPSA) is 138 Å². The number of carbonyl (C=O) groups excluding carboxylic acids is 1. The number of aromatic nitrogens is 1. The smallest absolute Gasteiger partial charge is 0.408 e. The Bertz CT molecular complexity index is 1100. The second-order valence-electron chi connectivity index (χ2n) is 7.94. The molecule has 2 aromatic rings. The van der Waals surface area contributed by atoms with Gasteiger partial charge in [-0.3, -0.25) is 9.69 Å². The standard InChI is InChI=1S/C22H23N3O7/c1-3-13-10-22(13,20(27)28)24-18(26)17-9-15(11-25(17)21(29)30)32-19-16-5-4-14(31-2)8-12(16)6-7-23-19/h3-8,13,15,17H,1,9-11H2,2H3,(H,24,26)(H,27,28)(H,29,30). The van der Waals surface area contributed by atoms with Crippen LogP contribution in [0.25, 0.3) is 10.8 Å². The van der Waals surface area contributed by atoms with Crippen molar-refractivity contribution < 1.29 is 34.1 Å². The van der Waals surface area contributed by atoms with Crippen molar-refractivity contribution in [1.29, 1.82) is 0 Å². The number of pyridine rings is 1. The van der Waals surface area contributed by atoms with Gasteiger partial charge in [0.2, 0.25) is 11.8 Å². The fourth-order valence-electron chi connectivity index (χ4n) is 4.17. The van der Waals surface area contributed by atoms with Gasteiger partial charge in [0.25, 0.3) is 0 Å². The first-order valence-electron chi connectivity index (χ1n) is 10.1. The molecule has 2 aliphatic rings. The monoisotopic (exact) mass is 441 g/mol. The maximum atomic E-state index is 12.9. The Labute approximate surface area is 183 Å². The molecule has 4 atom stereocenters. The number of likely N-dealkylation sites (tertiary alicyclic amines) is 1. The predicted molar refractivity (Wildman–Crippen MR) is 113 cm³/mol. The average Bonchev–Trinajstić information content (AvgIpc) is 3.33. The van der Waals surface area contributed by atoms with E-state index in [1.165, 1.54) is 6.08 Å². The van der Waals surface area contributed by atoms with Crippen LogP contribution < -0.4 is 14.8 Å². The lowest BCUT2D eigenvalue weighted by atomic mass is 10.1. The third-order valence-corrected chi connectivity index (χ3v) is 6.05. The number of nitrogens with one attached hydrogen (secondary N) is 1. The summed E-state index contributed by atoms with van der Waals surface area (Å²) in [6.45, 7) is 3.54. The van der Waals surface area contributed by atoms with Crippen molar-refractivity contribution in [2.24, 2.45) is 5.92 Å². The Morgan fingerprint density at radius 3 is 2.72 bits per heavy atom. The number of aliphatic carboxylic acids is 1. The summed E-state index contributed by atoms with van der Waals surface area (Å²) in [4.78, 5) is 41.5. The van der Waals surface area contributed by atoms with Gasteiger partial charge in [-0.1, -0.05) is 6.08 Å². The van der Waals surface area contributed by atoms with E-state index in [0.29, 0.717) is 11.6 Å². The first-order chi connectivity index (χ1) is 15.3. The summed E-state index contributed by atoms with van der Waals surface area (Å²) >= 11 is 0. The Kier molecular flexibility index (Phi) is 5.37. The summed E-state index contributed by atoms with van der Waals surface area (Å²) in [5.74, 6) is -1.24. The minimum atomic E-state index is -1.43. The fraction of sp³-hybridized carbons (Fsp3) is 0.364. The predicted octanol–water partition coefficient (Wildman–Crippen LogP) is 1.89. The number of hydrogen-bond donors (Lipinski definition) is 3. The summed E-state index contributed by atoms with van der Waals surface area (Å²) in [7, 11) is 1.57. The van der Waals surface area contributed by atoms with E-state index < -0.39 is 41.6 Å². The average molecular weight is 441 g/mol. The second-order valence-corrected chi connectivity index (χ2v) is 7.94. The highest BCUT2D eigenvalue weighted by Crippen LogP contribution is 2.45. The van der Waals surface area contributed by atoms with E-state index >= 15 is 0 Å². The molecular weight excluding hydrogens is 418 g/mol. The minimum absolute atomic E-state index is 0.0490. The van der Waals surface area contributed by atoms with Gasteiger partial charge in [-0.25, -0.2) is 14.6 Å². The van der Waals surface area contributed by atoms with Gasteiger partial charge in [-0.15, -0.1) is 6.58 Å². The quantitative estimate of drug-likeness (QED) is 0.554. The maximum absolute atomic E-state index is 12.9. The van der Waals surface area contributed by atoms with Gasteiger partial charge in [0, 0.05) is 23.9 Å². The van der Waals surface area contributed by atoms with Crippen molar-refractivity contribution in [3.63, 3.8) is 0 Å². The number of fused-ring (bicyclic) bond motifs is 1. The fourth-order valence-corrected chi connectivity index (χ4v) is 4.17. The van der Waals surface area contributed by atoms with E-state index in [0.717, 1.165) is 15.7 Å². The molecule has 1 saturated heterocycles. The van der Waals surface area contributed by atoms with Gasteiger partial charge in [0.15, 0.2) is 0 Å². The largest absolute Gasteiger partial charge is 0.497 e. The molecule has 1 aliphatic carbocycles. The molecule has 3 N–H and O–H groups in total. The van der Waals surface area contributed by atoms with Crippen LogP contribution in [0.3, 0.4) is 0 Å². The van der Waals surface area contributed by atoms with Crippen LogP contribution in [0.4, 0.5) is 4.79 Å². The summed E-state index contributed by atoms with van der Waals surface area (Å²) in [5.41, 5.74) is -1.43. The van der Waals surface area contributed by atoms with Crippen LogP contribution in [-0.2, 0) is 9.59 Å². The Balaban J connectivity index is 1.52. The van der Waals surface area contributed by atoms with Crippen LogP contribution in [0, 0.1) is 5.92 Å². The Morgan fingerprint density at radius 1 is 1.31 bits per heavy atom. The van der Waals surface area contributed by atoms with Crippen LogP contribution in [0.5, 0.6) is 11.6 Å². The first-order valence-corrected chi connectivity index (χ1v) is 10.1. The van der Waals surface area contributed by atoms with Crippen molar-refractivity contribution in [2.75, 3.05) is 13.7 Å². The van der Waals surface area contributed by atoms with E-state index in [1.54, 1.807) is 31.5 Å². The summed E-state index contributed by atoms with van der Waals surface area (Å²) in [6, 6.07) is 6.12. The molecule has 168 valence electrons. The van der Waals surface area contributed by atoms with Crippen molar-refractivity contribution in [3.8, 4) is 11.6 Å². The van der Waals surface area contributed by atoms with E-state index in [-0.39, 0.29) is 19.4 Å². The normalized spacial score (nSPS) is 26.4. The lowest BCUT2D eigenvalue weighted by Crippen LogP contribution is -2.52. The highest BCUT2D eigenvalue weighted by atomic mass is 16.5. The third-order valence-electron chi connectivity index (χ3n) is 6.05. The van der Waals surface area contributed by atoms with Crippen molar-refractivity contribution in [1.82, 2.24) is 15.2 Å². The summed E-state index contributed by atoms with van der Waals surface area (Å²) in [6.07, 6.45) is 1.43. The summed E-state index contributed by atoms with van der Waals surface area (Å²) in [5, 5.41) is 23.2. The number of carboxylic acids is 1. The zero-order chi connectivity index (χ0) is 23.0. The molecule has 1 aliphatic heterocycles. The second kappa shape index (κ2) is 8.03. The zero-order valence-electron chi connectivity index (χ0n) is 17.4. The summed E-state index contributed by atoms with van der Waals surface area (Å²) < 4.78 is 11.2. The lowest BCUT2D eigenvalue weighted by molar-refractivity contribution is -0.144. The molecule has 0 radical (unpaired) electrons. The number of carbonyl (C=O) groups is 3. The lowest BCUT2D eigenvalue weighted by Gasteiger charge is -2.22. The van der Waals surface area contributed by atoms with Crippen molar-refractivity contribution in [3.05, 3.63) is 43.1 Å². The van der Waals surface area contributed by atoms with Crippen LogP contribution in [0.2, 0.25) is 0 Å². The van der Waals surface area contributed by atoms with Gasteiger partial charge >= 0.3 is 12.1 Å². The molecule has 1 aromatic heterocycles. The van der Waals surface area contributed by atoms with Crippen LogP contribution in [0.1, 0.15) is 12.8 Å². The number of amides is 2. The molecule has 4 unspecified atom stereocenters. The molecule has 2 amide bonds. The van der Waals surface area contributed by atoms with Crippen molar-refractivity contribution >= 4 is 28.7 Å². The molecule has 1 saturated carbocycles. The van der Waals surface area contributed by atoms with E-state index in [4.69, 9.17) is 9.47 Å². The van der Waals surface area contributed by atoms with Gasteiger partial charge in [-0.2, -0.15) is 0 Å². The Morgan fingerprint density at radius 2 is 2.09 bits per heavy atom. The maximum Gasteiger partial charge on any atom is 0.408 e. The SMILES string of the molecule is C=CC1CC1(NC(=O)C1CC(Oc2nccc3cc(OC)ccc23)CN1C(=O)O)C(=O)O. The number of nitrogens with zero attached hydrogens (tertiary/aromatic N) is 2. The number of rotatable bonds is 7. The minimum Gasteiger partial charge on any atom is -0.497 e. The number of benzene rings is 1. The van der Waals surface area contributed by atoms with Gasteiger partial charge < -0.3 is 25.0 Å².